The van der Waals surface area contributed by atoms with Crippen LogP contribution in [0.2, 0.25) is 0 Å². The van der Waals surface area contributed by atoms with Gasteiger partial charge in [-0.15, -0.1) is 0 Å². The number of hydrogen-bond donors (Lipinski definition) is 1. The molecule has 4 heteroatoms. The molecule has 0 radical (unpaired) electrons. The van der Waals surface area contributed by atoms with E-state index < -0.39 is 11.6 Å². The zero-order chi connectivity index (χ0) is 15.6. The lowest BCUT2D eigenvalue weighted by molar-refractivity contribution is -0.138. The molecule has 1 heterocycles. The van der Waals surface area contributed by atoms with Gasteiger partial charge in [0.15, 0.2) is 0 Å². The average molecular weight is 288 g/mol. The number of anilines is 1. The highest BCUT2D eigenvalue weighted by Crippen LogP contribution is 2.30. The molecule has 21 heavy (non-hydrogen) atoms. The molecule has 1 unspecified atom stereocenters. The number of nitrogens with one attached hydrogen (secondary N) is 1. The molecule has 1 N–H and O–H groups in total. The quantitative estimate of drug-likeness (QED) is 0.926. The largest absolute Gasteiger partial charge is 0.340 e. The lowest BCUT2D eigenvalue weighted by atomic mass is 9.87. The molecular formula is C17H24N2O2. The van der Waals surface area contributed by atoms with Crippen LogP contribution < -0.4 is 10.2 Å². The van der Waals surface area contributed by atoms with Crippen molar-refractivity contribution in [3.8, 4) is 0 Å². The molecule has 0 aliphatic carbocycles. The molecule has 1 saturated heterocycles. The average Bonchev–Trinajstić information content (AvgIpc) is 2.51. The number of piperazine rings is 1. The molecule has 1 fully saturated rings. The molecule has 2 rings (SSSR count). The van der Waals surface area contributed by atoms with Gasteiger partial charge >= 0.3 is 0 Å². The Morgan fingerprint density at radius 1 is 1.19 bits per heavy atom. The Morgan fingerprint density at radius 3 is 2.43 bits per heavy atom. The van der Waals surface area contributed by atoms with Crippen LogP contribution in [0.4, 0.5) is 5.69 Å². The van der Waals surface area contributed by atoms with Crippen LogP contribution in [0.1, 0.15) is 46.1 Å². The summed E-state index contributed by atoms with van der Waals surface area (Å²) in [5.41, 5.74) is 1.20. The molecule has 114 valence electrons. The van der Waals surface area contributed by atoms with Crippen LogP contribution in [0.5, 0.6) is 0 Å². The minimum Gasteiger partial charge on any atom is -0.340 e. The second-order valence-corrected chi connectivity index (χ2v) is 5.65. The number of amides is 2. The van der Waals surface area contributed by atoms with Crippen LogP contribution >= 0.6 is 0 Å². The zero-order valence-electron chi connectivity index (χ0n) is 13.3. The molecule has 0 bridgehead atoms. The van der Waals surface area contributed by atoms with Gasteiger partial charge in [-0.25, -0.2) is 0 Å². The lowest BCUT2D eigenvalue weighted by Gasteiger charge is -2.44. The van der Waals surface area contributed by atoms with Crippen molar-refractivity contribution in [2.75, 3.05) is 4.90 Å². The van der Waals surface area contributed by atoms with Crippen LogP contribution in [0.25, 0.3) is 0 Å². The van der Waals surface area contributed by atoms with Gasteiger partial charge in [0.1, 0.15) is 11.6 Å². The van der Waals surface area contributed by atoms with Crippen molar-refractivity contribution < 1.29 is 9.59 Å². The number of benzene rings is 1. The van der Waals surface area contributed by atoms with E-state index in [4.69, 9.17) is 0 Å². The Bertz CT molecular complexity index is 549. The normalized spacial score (nSPS) is 21.3. The fourth-order valence-corrected chi connectivity index (χ4v) is 2.91. The van der Waals surface area contributed by atoms with Crippen molar-refractivity contribution in [1.82, 2.24) is 5.32 Å². The Hall–Kier alpha value is -1.84. The maximum Gasteiger partial charge on any atom is 0.253 e. The number of carbonyl (C=O) groups excluding carboxylic acids is 2. The van der Waals surface area contributed by atoms with Crippen molar-refractivity contribution in [3.63, 3.8) is 0 Å². The number of aryl methyl sites for hydroxylation is 1. The predicted molar refractivity (Wildman–Crippen MR) is 84.2 cm³/mol. The molecule has 0 spiro atoms. The van der Waals surface area contributed by atoms with Gasteiger partial charge < -0.3 is 5.32 Å². The van der Waals surface area contributed by atoms with Gasteiger partial charge in [0.25, 0.3) is 5.91 Å². The molecule has 1 atom stereocenters. The number of nitrogens with zero attached hydrogens (tertiary/aromatic N) is 1. The first kappa shape index (κ1) is 15.5. The zero-order valence-corrected chi connectivity index (χ0v) is 13.3. The van der Waals surface area contributed by atoms with Gasteiger partial charge in [-0.1, -0.05) is 32.9 Å². The van der Waals surface area contributed by atoms with Crippen molar-refractivity contribution >= 4 is 17.5 Å². The van der Waals surface area contributed by atoms with E-state index in [1.54, 1.807) is 11.8 Å². The summed E-state index contributed by atoms with van der Waals surface area (Å²) in [5, 5.41) is 2.93. The third-order valence-corrected chi connectivity index (χ3v) is 4.56. The van der Waals surface area contributed by atoms with E-state index >= 15 is 0 Å². The highest BCUT2D eigenvalue weighted by molar-refractivity contribution is 6.10. The number of rotatable bonds is 4. The summed E-state index contributed by atoms with van der Waals surface area (Å²) in [6.07, 6.45) is 2.11. The Labute approximate surface area is 126 Å². The topological polar surface area (TPSA) is 49.4 Å². The molecule has 1 aliphatic heterocycles. The minimum absolute atomic E-state index is 0.00662. The van der Waals surface area contributed by atoms with Crippen molar-refractivity contribution in [2.24, 2.45) is 0 Å². The summed E-state index contributed by atoms with van der Waals surface area (Å²) in [4.78, 5) is 26.9. The first-order valence-corrected chi connectivity index (χ1v) is 7.73. The van der Waals surface area contributed by atoms with E-state index in [9.17, 15) is 9.59 Å². The summed E-state index contributed by atoms with van der Waals surface area (Å²) >= 11 is 0. The summed E-state index contributed by atoms with van der Waals surface area (Å²) < 4.78 is 0. The van der Waals surface area contributed by atoms with Crippen LogP contribution in [-0.2, 0) is 16.0 Å². The summed E-state index contributed by atoms with van der Waals surface area (Å²) in [6.45, 7) is 7.74. The SMILES string of the molecule is CCc1cccc(N2C(=O)C(CC)(CC)NC(=O)C2C)c1. The summed E-state index contributed by atoms with van der Waals surface area (Å²) in [7, 11) is 0. The smallest absolute Gasteiger partial charge is 0.253 e. The van der Waals surface area contributed by atoms with Gasteiger partial charge in [-0.3, -0.25) is 14.5 Å². The number of hydrogen-bond acceptors (Lipinski definition) is 2. The maximum atomic E-state index is 13.0. The fourth-order valence-electron chi connectivity index (χ4n) is 2.91. The molecule has 0 aromatic heterocycles. The Balaban J connectivity index is 2.48. The van der Waals surface area contributed by atoms with Crippen LogP contribution in [0, 0.1) is 0 Å². The summed E-state index contributed by atoms with van der Waals surface area (Å²) in [5.74, 6) is -0.0898. The standard InChI is InChI=1S/C17H24N2O2/c1-5-13-9-8-10-14(11-13)19-12(4)15(20)18-17(6-2,7-3)16(19)21/h8-12H,5-7H2,1-4H3,(H,18,20). The Kier molecular flexibility index (Phi) is 4.35. The molecule has 2 amide bonds. The predicted octanol–water partition coefficient (Wildman–Crippen LogP) is 2.66. The monoisotopic (exact) mass is 288 g/mol. The van der Waals surface area contributed by atoms with E-state index in [1.165, 1.54) is 0 Å². The third-order valence-electron chi connectivity index (χ3n) is 4.56. The van der Waals surface area contributed by atoms with Gasteiger partial charge in [-0.05, 0) is 43.9 Å². The van der Waals surface area contributed by atoms with Crippen LogP contribution in [0.3, 0.4) is 0 Å². The van der Waals surface area contributed by atoms with E-state index in [0.29, 0.717) is 12.8 Å². The molecule has 1 aliphatic rings. The van der Waals surface area contributed by atoms with Crippen LogP contribution in [0.15, 0.2) is 24.3 Å². The molecule has 0 saturated carbocycles. The van der Waals surface area contributed by atoms with Gasteiger partial charge in [0, 0.05) is 5.69 Å². The van der Waals surface area contributed by atoms with E-state index in [1.807, 2.05) is 38.1 Å². The van der Waals surface area contributed by atoms with Gasteiger partial charge in [-0.2, -0.15) is 0 Å². The highest BCUT2D eigenvalue weighted by Gasteiger charge is 2.47. The van der Waals surface area contributed by atoms with Crippen molar-refractivity contribution in [3.05, 3.63) is 29.8 Å². The fraction of sp³-hybridized carbons (Fsp3) is 0.529. The second kappa shape index (κ2) is 5.88. The molecular weight excluding hydrogens is 264 g/mol. The Morgan fingerprint density at radius 2 is 1.86 bits per heavy atom. The molecule has 1 aromatic carbocycles. The lowest BCUT2D eigenvalue weighted by Crippen LogP contribution is -2.69. The maximum absolute atomic E-state index is 13.0. The molecule has 4 nitrogen and oxygen atoms in total. The van der Waals surface area contributed by atoms with Gasteiger partial charge in [0.05, 0.1) is 0 Å². The first-order valence-electron chi connectivity index (χ1n) is 7.73. The third kappa shape index (κ3) is 2.55. The minimum atomic E-state index is -0.772. The second-order valence-electron chi connectivity index (χ2n) is 5.65. The van der Waals surface area contributed by atoms with E-state index in [-0.39, 0.29) is 11.8 Å². The van der Waals surface area contributed by atoms with Gasteiger partial charge in [0.2, 0.25) is 5.91 Å². The van der Waals surface area contributed by atoms with E-state index in [0.717, 1.165) is 17.7 Å². The highest BCUT2D eigenvalue weighted by atomic mass is 16.2. The van der Waals surface area contributed by atoms with Crippen molar-refractivity contribution in [2.45, 2.75) is 58.5 Å². The van der Waals surface area contributed by atoms with Crippen molar-refractivity contribution in [1.29, 1.82) is 0 Å². The first-order chi connectivity index (χ1) is 9.99. The van der Waals surface area contributed by atoms with E-state index in [2.05, 4.69) is 12.2 Å². The number of carbonyl (C=O) groups is 2. The summed E-state index contributed by atoms with van der Waals surface area (Å²) in [6, 6.07) is 7.41. The molecule has 1 aromatic rings. The van der Waals surface area contributed by atoms with Crippen LogP contribution in [-0.4, -0.2) is 23.4 Å².